The van der Waals surface area contributed by atoms with Gasteiger partial charge in [0.1, 0.15) is 17.3 Å². The number of hydrogen-bond donors (Lipinski definition) is 0. The summed E-state index contributed by atoms with van der Waals surface area (Å²) in [6, 6.07) is 12.1. The van der Waals surface area contributed by atoms with Crippen molar-refractivity contribution in [3.8, 4) is 11.5 Å². The van der Waals surface area contributed by atoms with Gasteiger partial charge in [-0.2, -0.15) is 0 Å². The standard InChI is InChI=1S/C23H29FN2O3/c1-16(2)26(18-9-7-17(24)8-10-18)15-23(27)25-13-5-6-21(25)20-12-11-19(28-3)14-22(20)29-4/h7-12,14,16,21H,5-6,13,15H2,1-4H3. The summed E-state index contributed by atoms with van der Waals surface area (Å²) in [6.45, 7) is 5.03. The van der Waals surface area contributed by atoms with Crippen molar-refractivity contribution in [1.82, 2.24) is 4.90 Å². The van der Waals surface area contributed by atoms with E-state index < -0.39 is 0 Å². The van der Waals surface area contributed by atoms with Crippen molar-refractivity contribution in [3.63, 3.8) is 0 Å². The smallest absolute Gasteiger partial charge is 0.242 e. The molecule has 29 heavy (non-hydrogen) atoms. The largest absolute Gasteiger partial charge is 0.497 e. The van der Waals surface area contributed by atoms with Gasteiger partial charge >= 0.3 is 0 Å². The second-order valence-electron chi connectivity index (χ2n) is 7.55. The zero-order valence-corrected chi connectivity index (χ0v) is 17.5. The Bertz CT molecular complexity index is 839. The van der Waals surface area contributed by atoms with E-state index >= 15 is 0 Å². The summed E-state index contributed by atoms with van der Waals surface area (Å²) in [5, 5.41) is 0. The molecule has 0 spiro atoms. The monoisotopic (exact) mass is 400 g/mol. The van der Waals surface area contributed by atoms with E-state index in [9.17, 15) is 9.18 Å². The van der Waals surface area contributed by atoms with Crippen LogP contribution in [0, 0.1) is 5.82 Å². The first-order valence-electron chi connectivity index (χ1n) is 9.98. The number of rotatable bonds is 7. The number of benzene rings is 2. The highest BCUT2D eigenvalue weighted by molar-refractivity contribution is 5.82. The van der Waals surface area contributed by atoms with Crippen molar-refractivity contribution < 1.29 is 18.7 Å². The molecule has 6 heteroatoms. The number of likely N-dealkylation sites (tertiary alicyclic amines) is 1. The average Bonchev–Trinajstić information content (AvgIpc) is 3.21. The molecule has 1 aliphatic heterocycles. The zero-order valence-electron chi connectivity index (χ0n) is 17.5. The van der Waals surface area contributed by atoms with Gasteiger partial charge in [0.15, 0.2) is 0 Å². The molecule has 1 heterocycles. The number of halogens is 1. The average molecular weight is 400 g/mol. The number of ether oxygens (including phenoxy) is 2. The molecule has 1 atom stereocenters. The maximum Gasteiger partial charge on any atom is 0.242 e. The molecule has 3 rings (SSSR count). The molecule has 0 bridgehead atoms. The molecule has 0 radical (unpaired) electrons. The molecule has 1 fully saturated rings. The minimum absolute atomic E-state index is 0.0226. The summed E-state index contributed by atoms with van der Waals surface area (Å²) in [7, 11) is 3.25. The van der Waals surface area contributed by atoms with E-state index in [2.05, 4.69) is 0 Å². The van der Waals surface area contributed by atoms with Gasteiger partial charge in [0.2, 0.25) is 5.91 Å². The first kappa shape index (κ1) is 21.0. The van der Waals surface area contributed by atoms with Gasteiger partial charge in [-0.3, -0.25) is 4.79 Å². The van der Waals surface area contributed by atoms with Crippen LogP contribution in [0.4, 0.5) is 10.1 Å². The molecule has 2 aromatic carbocycles. The van der Waals surface area contributed by atoms with E-state index in [-0.39, 0.29) is 30.4 Å². The van der Waals surface area contributed by atoms with Crippen LogP contribution < -0.4 is 14.4 Å². The Morgan fingerprint density at radius 1 is 1.17 bits per heavy atom. The van der Waals surface area contributed by atoms with Gasteiger partial charge in [-0.15, -0.1) is 0 Å². The molecule has 1 unspecified atom stereocenters. The Labute approximate surface area is 172 Å². The maximum absolute atomic E-state index is 13.3. The Morgan fingerprint density at radius 2 is 1.90 bits per heavy atom. The normalized spacial score (nSPS) is 16.2. The molecule has 1 aliphatic rings. The van der Waals surface area contributed by atoms with Crippen LogP contribution in [0.3, 0.4) is 0 Å². The van der Waals surface area contributed by atoms with Gasteiger partial charge in [-0.1, -0.05) is 0 Å². The molecule has 0 aliphatic carbocycles. The number of carbonyl (C=O) groups excluding carboxylic acids is 1. The molecule has 156 valence electrons. The van der Waals surface area contributed by atoms with Gasteiger partial charge in [0.25, 0.3) is 0 Å². The Morgan fingerprint density at radius 3 is 2.52 bits per heavy atom. The minimum Gasteiger partial charge on any atom is -0.497 e. The first-order valence-corrected chi connectivity index (χ1v) is 9.98. The summed E-state index contributed by atoms with van der Waals surface area (Å²) in [4.78, 5) is 17.2. The number of methoxy groups -OCH3 is 2. The van der Waals surface area contributed by atoms with Gasteiger partial charge in [-0.25, -0.2) is 4.39 Å². The summed E-state index contributed by atoms with van der Waals surface area (Å²) in [6.07, 6.45) is 1.84. The van der Waals surface area contributed by atoms with Crippen LogP contribution in [-0.4, -0.2) is 44.2 Å². The second kappa shape index (κ2) is 9.16. The Hall–Kier alpha value is -2.76. The molecule has 2 aromatic rings. The molecule has 1 amide bonds. The van der Waals surface area contributed by atoms with Crippen molar-refractivity contribution in [2.75, 3.05) is 32.2 Å². The van der Waals surface area contributed by atoms with Gasteiger partial charge < -0.3 is 19.3 Å². The number of anilines is 1. The minimum atomic E-state index is -0.282. The van der Waals surface area contributed by atoms with Crippen LogP contribution in [0.15, 0.2) is 42.5 Å². The van der Waals surface area contributed by atoms with Crippen molar-refractivity contribution in [2.45, 2.75) is 38.8 Å². The number of carbonyl (C=O) groups is 1. The maximum atomic E-state index is 13.3. The third-order valence-electron chi connectivity index (χ3n) is 5.46. The zero-order chi connectivity index (χ0) is 21.0. The topological polar surface area (TPSA) is 42.0 Å². The Balaban J connectivity index is 1.81. The lowest BCUT2D eigenvalue weighted by atomic mass is 10.0. The van der Waals surface area contributed by atoms with Crippen LogP contribution in [0.5, 0.6) is 11.5 Å². The Kier molecular flexibility index (Phi) is 6.62. The third-order valence-corrected chi connectivity index (χ3v) is 5.46. The lowest BCUT2D eigenvalue weighted by Crippen LogP contribution is -2.43. The SMILES string of the molecule is COc1ccc(C2CCCN2C(=O)CN(c2ccc(F)cc2)C(C)C)c(OC)c1. The molecule has 0 saturated carbocycles. The summed E-state index contributed by atoms with van der Waals surface area (Å²) in [5.74, 6) is 1.23. The summed E-state index contributed by atoms with van der Waals surface area (Å²) < 4.78 is 24.2. The van der Waals surface area contributed by atoms with Crippen molar-refractivity contribution in [1.29, 1.82) is 0 Å². The van der Waals surface area contributed by atoms with Crippen molar-refractivity contribution >= 4 is 11.6 Å². The van der Waals surface area contributed by atoms with Crippen molar-refractivity contribution in [3.05, 3.63) is 53.8 Å². The van der Waals surface area contributed by atoms with Gasteiger partial charge in [-0.05, 0) is 63.1 Å². The second-order valence-corrected chi connectivity index (χ2v) is 7.55. The van der Waals surface area contributed by atoms with E-state index in [1.165, 1.54) is 12.1 Å². The van der Waals surface area contributed by atoms with Crippen LogP contribution in [0.2, 0.25) is 0 Å². The highest BCUT2D eigenvalue weighted by atomic mass is 19.1. The predicted octanol–water partition coefficient (Wildman–Crippen LogP) is 4.42. The van der Waals surface area contributed by atoms with Crippen LogP contribution in [-0.2, 0) is 4.79 Å². The van der Waals surface area contributed by atoms with E-state index in [0.29, 0.717) is 6.54 Å². The molecule has 1 saturated heterocycles. The number of hydrogen-bond acceptors (Lipinski definition) is 4. The van der Waals surface area contributed by atoms with Gasteiger partial charge in [0, 0.05) is 29.9 Å². The molecule has 0 N–H and O–H groups in total. The fourth-order valence-electron chi connectivity index (χ4n) is 3.92. The third kappa shape index (κ3) is 4.63. The van der Waals surface area contributed by atoms with Crippen LogP contribution in [0.25, 0.3) is 0 Å². The highest BCUT2D eigenvalue weighted by Crippen LogP contribution is 2.38. The molecule has 5 nitrogen and oxygen atoms in total. The fourth-order valence-corrected chi connectivity index (χ4v) is 3.92. The quantitative estimate of drug-likeness (QED) is 0.690. The predicted molar refractivity (Wildman–Crippen MR) is 112 cm³/mol. The van der Waals surface area contributed by atoms with Crippen molar-refractivity contribution in [2.24, 2.45) is 0 Å². The summed E-state index contributed by atoms with van der Waals surface area (Å²) >= 11 is 0. The lowest BCUT2D eigenvalue weighted by Gasteiger charge is -2.33. The van der Waals surface area contributed by atoms with E-state index in [4.69, 9.17) is 9.47 Å². The first-order chi connectivity index (χ1) is 13.9. The summed E-state index contributed by atoms with van der Waals surface area (Å²) in [5.41, 5.74) is 1.84. The molecular formula is C23H29FN2O3. The van der Waals surface area contributed by atoms with E-state index in [1.54, 1.807) is 26.4 Å². The van der Waals surface area contributed by atoms with Crippen LogP contribution >= 0.6 is 0 Å². The fraction of sp³-hybridized carbons (Fsp3) is 0.435. The lowest BCUT2D eigenvalue weighted by molar-refractivity contribution is -0.130. The highest BCUT2D eigenvalue weighted by Gasteiger charge is 2.33. The van der Waals surface area contributed by atoms with E-state index in [0.717, 1.165) is 35.6 Å². The number of nitrogens with zero attached hydrogens (tertiary/aromatic N) is 2. The molecular weight excluding hydrogens is 371 g/mol. The van der Waals surface area contributed by atoms with Crippen LogP contribution in [0.1, 0.15) is 38.3 Å². The number of amides is 1. The van der Waals surface area contributed by atoms with Gasteiger partial charge in [0.05, 0.1) is 26.8 Å². The van der Waals surface area contributed by atoms with E-state index in [1.807, 2.05) is 41.8 Å². The molecule has 0 aromatic heterocycles.